The van der Waals surface area contributed by atoms with Crippen LogP contribution in [-0.2, 0) is 0 Å². The number of hydrogen-bond donors (Lipinski definition) is 1. The maximum absolute atomic E-state index is 4.73. The molecule has 0 saturated carbocycles. The highest BCUT2D eigenvalue weighted by atomic mass is 32.1. The zero-order valence-electron chi connectivity index (χ0n) is 12.0. The van der Waals surface area contributed by atoms with Gasteiger partial charge in [0.15, 0.2) is 5.65 Å². The molecule has 5 heteroatoms. The summed E-state index contributed by atoms with van der Waals surface area (Å²) in [6.45, 7) is 2.10. The second kappa shape index (κ2) is 5.27. The normalized spacial score (nSPS) is 11.0. The highest BCUT2D eigenvalue weighted by Gasteiger charge is 2.15. The first-order chi connectivity index (χ1) is 10.8. The molecular formula is C17H14N4S. The predicted molar refractivity (Wildman–Crippen MR) is 90.8 cm³/mol. The molecule has 0 aliphatic rings. The lowest BCUT2D eigenvalue weighted by atomic mass is 10.2. The molecule has 1 N–H and O–H groups in total. The molecule has 0 amide bonds. The van der Waals surface area contributed by atoms with Crippen molar-refractivity contribution in [2.45, 2.75) is 6.92 Å². The fourth-order valence-corrected chi connectivity index (χ4v) is 3.17. The Morgan fingerprint density at radius 1 is 1.14 bits per heavy atom. The number of aromatic nitrogens is 3. The van der Waals surface area contributed by atoms with Crippen LogP contribution in [0.25, 0.3) is 16.2 Å². The Hall–Kier alpha value is -2.66. The first-order valence-electron chi connectivity index (χ1n) is 7.01. The first-order valence-corrected chi connectivity index (χ1v) is 7.89. The number of para-hydroxylation sites is 1. The highest BCUT2D eigenvalue weighted by molar-refractivity contribution is 7.13. The van der Waals surface area contributed by atoms with Gasteiger partial charge >= 0.3 is 0 Å². The first kappa shape index (κ1) is 13.0. The lowest BCUT2D eigenvalue weighted by molar-refractivity contribution is 1.13. The van der Waals surface area contributed by atoms with Gasteiger partial charge in [0.2, 0.25) is 0 Å². The molecule has 0 spiro atoms. The number of nitrogens with zero attached hydrogens (tertiary/aromatic N) is 3. The Kier molecular flexibility index (Phi) is 3.12. The molecule has 0 radical (unpaired) electrons. The van der Waals surface area contributed by atoms with Gasteiger partial charge in [0.1, 0.15) is 11.5 Å². The summed E-state index contributed by atoms with van der Waals surface area (Å²) in [7, 11) is 0. The second-order valence-electron chi connectivity index (χ2n) is 5.03. The van der Waals surface area contributed by atoms with Gasteiger partial charge in [0, 0.05) is 18.1 Å². The van der Waals surface area contributed by atoms with E-state index in [1.54, 1.807) is 23.7 Å². The molecule has 22 heavy (non-hydrogen) atoms. The van der Waals surface area contributed by atoms with Gasteiger partial charge in [-0.15, -0.1) is 11.3 Å². The van der Waals surface area contributed by atoms with Crippen molar-refractivity contribution in [1.29, 1.82) is 0 Å². The van der Waals surface area contributed by atoms with E-state index >= 15 is 0 Å². The van der Waals surface area contributed by atoms with Crippen LogP contribution in [-0.4, -0.2) is 14.4 Å². The summed E-state index contributed by atoms with van der Waals surface area (Å²) >= 11 is 1.68. The van der Waals surface area contributed by atoms with E-state index in [2.05, 4.69) is 40.8 Å². The molecule has 0 atom stereocenters. The van der Waals surface area contributed by atoms with E-state index in [1.165, 1.54) is 5.56 Å². The minimum absolute atomic E-state index is 0.835. The van der Waals surface area contributed by atoms with Gasteiger partial charge < -0.3 is 5.32 Å². The van der Waals surface area contributed by atoms with E-state index in [9.17, 15) is 0 Å². The maximum Gasteiger partial charge on any atom is 0.157 e. The van der Waals surface area contributed by atoms with Crippen molar-refractivity contribution in [3.63, 3.8) is 0 Å². The number of aryl methyl sites for hydroxylation is 1. The number of imidazole rings is 1. The van der Waals surface area contributed by atoms with Crippen LogP contribution in [0.15, 0.2) is 60.4 Å². The average molecular weight is 306 g/mol. The second-order valence-corrected chi connectivity index (χ2v) is 5.98. The largest absolute Gasteiger partial charge is 0.339 e. The number of anilines is 2. The molecule has 0 saturated heterocycles. The average Bonchev–Trinajstić information content (AvgIpc) is 3.17. The Morgan fingerprint density at radius 3 is 2.86 bits per heavy atom. The summed E-state index contributed by atoms with van der Waals surface area (Å²) in [4.78, 5) is 10.0. The van der Waals surface area contributed by atoms with Crippen molar-refractivity contribution in [1.82, 2.24) is 14.4 Å². The Morgan fingerprint density at radius 2 is 2.05 bits per heavy atom. The summed E-state index contributed by atoms with van der Waals surface area (Å²) in [5, 5.41) is 5.60. The van der Waals surface area contributed by atoms with Crippen molar-refractivity contribution < 1.29 is 0 Å². The van der Waals surface area contributed by atoms with Crippen molar-refractivity contribution in [2.75, 3.05) is 5.32 Å². The lowest BCUT2D eigenvalue weighted by Crippen LogP contribution is -1.98. The number of thiophene rings is 1. The van der Waals surface area contributed by atoms with Gasteiger partial charge in [-0.25, -0.2) is 4.98 Å². The molecular weight excluding hydrogens is 292 g/mol. The zero-order chi connectivity index (χ0) is 14.9. The molecule has 4 aromatic rings. The molecule has 4 nitrogen and oxygen atoms in total. The van der Waals surface area contributed by atoms with Gasteiger partial charge in [0.05, 0.1) is 11.1 Å². The van der Waals surface area contributed by atoms with E-state index in [0.29, 0.717) is 0 Å². The van der Waals surface area contributed by atoms with Gasteiger partial charge in [-0.2, -0.15) is 0 Å². The summed E-state index contributed by atoms with van der Waals surface area (Å²) in [5.74, 6) is 0.967. The smallest absolute Gasteiger partial charge is 0.157 e. The van der Waals surface area contributed by atoms with Crippen LogP contribution in [0.4, 0.5) is 11.5 Å². The van der Waals surface area contributed by atoms with Crippen LogP contribution < -0.4 is 5.32 Å². The van der Waals surface area contributed by atoms with E-state index in [4.69, 9.17) is 4.98 Å². The fourth-order valence-electron chi connectivity index (χ4n) is 2.45. The molecule has 0 aliphatic carbocycles. The lowest BCUT2D eigenvalue weighted by Gasteiger charge is -2.10. The van der Waals surface area contributed by atoms with Gasteiger partial charge in [-0.3, -0.25) is 9.38 Å². The van der Waals surface area contributed by atoms with Gasteiger partial charge in [0.25, 0.3) is 0 Å². The Balaban J connectivity index is 1.91. The standard InChI is InChI=1S/C17H14N4S/c1-12-5-2-3-6-13(12)19-17-16(14-7-4-10-22-14)20-15-11-18-8-9-21(15)17/h2-11,19H,1H3. The van der Waals surface area contributed by atoms with E-state index in [-0.39, 0.29) is 0 Å². The van der Waals surface area contributed by atoms with E-state index < -0.39 is 0 Å². The Bertz CT molecular complexity index is 925. The zero-order valence-corrected chi connectivity index (χ0v) is 12.8. The summed E-state index contributed by atoms with van der Waals surface area (Å²) in [5.41, 5.74) is 4.07. The minimum Gasteiger partial charge on any atom is -0.339 e. The maximum atomic E-state index is 4.73. The molecule has 1 aromatic carbocycles. The minimum atomic E-state index is 0.835. The van der Waals surface area contributed by atoms with Crippen LogP contribution in [0.3, 0.4) is 0 Å². The van der Waals surface area contributed by atoms with Crippen LogP contribution in [0.1, 0.15) is 5.56 Å². The molecule has 0 aliphatic heterocycles. The third-order valence-corrected chi connectivity index (χ3v) is 4.46. The van der Waals surface area contributed by atoms with Gasteiger partial charge in [-0.1, -0.05) is 24.3 Å². The number of nitrogens with one attached hydrogen (secondary N) is 1. The van der Waals surface area contributed by atoms with E-state index in [0.717, 1.165) is 27.7 Å². The molecule has 0 bridgehead atoms. The summed E-state index contributed by atoms with van der Waals surface area (Å²) < 4.78 is 2.04. The van der Waals surface area contributed by atoms with E-state index in [1.807, 2.05) is 28.8 Å². The SMILES string of the molecule is Cc1ccccc1Nc1c(-c2cccs2)nc2cnccn12. The molecule has 4 rings (SSSR count). The number of fused-ring (bicyclic) bond motifs is 1. The van der Waals surface area contributed by atoms with Crippen molar-refractivity contribution in [2.24, 2.45) is 0 Å². The fraction of sp³-hybridized carbons (Fsp3) is 0.0588. The highest BCUT2D eigenvalue weighted by Crippen LogP contribution is 2.34. The molecule has 3 aromatic heterocycles. The quantitative estimate of drug-likeness (QED) is 0.605. The predicted octanol–water partition coefficient (Wildman–Crippen LogP) is 4.51. The third kappa shape index (κ3) is 2.16. The van der Waals surface area contributed by atoms with Crippen molar-refractivity contribution in [3.8, 4) is 10.6 Å². The number of hydrogen-bond acceptors (Lipinski definition) is 4. The van der Waals surface area contributed by atoms with Crippen LogP contribution >= 0.6 is 11.3 Å². The summed E-state index contributed by atoms with van der Waals surface area (Å²) in [6.07, 6.45) is 5.48. The van der Waals surface area contributed by atoms with Crippen LogP contribution in [0.2, 0.25) is 0 Å². The van der Waals surface area contributed by atoms with Crippen LogP contribution in [0, 0.1) is 6.92 Å². The van der Waals surface area contributed by atoms with Crippen molar-refractivity contribution >= 4 is 28.5 Å². The third-order valence-electron chi connectivity index (χ3n) is 3.58. The molecule has 0 fully saturated rings. The number of rotatable bonds is 3. The van der Waals surface area contributed by atoms with Gasteiger partial charge in [-0.05, 0) is 30.0 Å². The topological polar surface area (TPSA) is 42.2 Å². The molecule has 108 valence electrons. The van der Waals surface area contributed by atoms with Crippen molar-refractivity contribution in [3.05, 3.63) is 65.9 Å². The molecule has 0 unspecified atom stereocenters. The number of benzene rings is 1. The van der Waals surface area contributed by atoms with Crippen LogP contribution in [0.5, 0.6) is 0 Å². The molecule has 3 heterocycles. The monoisotopic (exact) mass is 306 g/mol. The summed E-state index contributed by atoms with van der Waals surface area (Å²) in [6, 6.07) is 12.4. The Labute approximate surface area is 132 Å².